The zero-order chi connectivity index (χ0) is 14.5. The molecular weight excluding hydrogens is 296 g/mol. The fourth-order valence-electron chi connectivity index (χ4n) is 1.82. The summed E-state index contributed by atoms with van der Waals surface area (Å²) in [5.74, 6) is -0.317. The lowest BCUT2D eigenvalue weighted by Gasteiger charge is -2.15. The van der Waals surface area contributed by atoms with Crippen molar-refractivity contribution in [2.24, 2.45) is 0 Å². The van der Waals surface area contributed by atoms with Crippen molar-refractivity contribution >= 4 is 28.9 Å². The molecule has 1 aromatic heterocycles. The Morgan fingerprint density at radius 1 is 1.35 bits per heavy atom. The second-order valence-corrected chi connectivity index (χ2v) is 5.75. The smallest absolute Gasteiger partial charge is 0.337 e. The van der Waals surface area contributed by atoms with Gasteiger partial charge in [-0.3, -0.25) is 4.90 Å². The van der Waals surface area contributed by atoms with Crippen LogP contribution in [-0.2, 0) is 17.8 Å². The summed E-state index contributed by atoms with van der Waals surface area (Å²) in [4.78, 5) is 17.7. The number of ether oxygens (including phenoxy) is 1. The van der Waals surface area contributed by atoms with Crippen LogP contribution in [0.3, 0.4) is 0 Å². The van der Waals surface area contributed by atoms with Crippen LogP contribution in [0, 0.1) is 0 Å². The molecule has 0 aliphatic heterocycles. The zero-order valence-corrected chi connectivity index (χ0v) is 12.9. The van der Waals surface area contributed by atoms with E-state index in [1.54, 1.807) is 23.5 Å². The van der Waals surface area contributed by atoms with Crippen molar-refractivity contribution in [3.8, 4) is 0 Å². The molecule has 0 unspecified atom stereocenters. The van der Waals surface area contributed by atoms with Gasteiger partial charge in [-0.15, -0.1) is 11.3 Å². The average molecular weight is 311 g/mol. The Morgan fingerprint density at radius 3 is 2.60 bits per heavy atom. The molecule has 0 bridgehead atoms. The predicted molar refractivity (Wildman–Crippen MR) is 80.1 cm³/mol. The predicted octanol–water partition coefficient (Wildman–Crippen LogP) is 3.22. The highest BCUT2D eigenvalue weighted by Gasteiger charge is 2.07. The van der Waals surface area contributed by atoms with Gasteiger partial charge in [-0.25, -0.2) is 9.78 Å². The third kappa shape index (κ3) is 4.03. The lowest BCUT2D eigenvalue weighted by atomic mass is 10.1. The van der Waals surface area contributed by atoms with Gasteiger partial charge in [0, 0.05) is 11.9 Å². The van der Waals surface area contributed by atoms with E-state index in [0.717, 1.165) is 23.7 Å². The summed E-state index contributed by atoms with van der Waals surface area (Å²) in [5, 5.41) is 3.36. The van der Waals surface area contributed by atoms with Crippen LogP contribution in [0.1, 0.15) is 20.9 Å². The summed E-state index contributed by atoms with van der Waals surface area (Å²) in [6.07, 6.45) is 0. The van der Waals surface area contributed by atoms with E-state index in [2.05, 4.69) is 14.6 Å². The van der Waals surface area contributed by atoms with Crippen LogP contribution in [-0.4, -0.2) is 30.0 Å². The number of methoxy groups -OCH3 is 1. The number of carbonyl (C=O) groups is 1. The molecule has 0 saturated heterocycles. The van der Waals surface area contributed by atoms with Gasteiger partial charge in [0.2, 0.25) is 0 Å². The van der Waals surface area contributed by atoms with Crippen molar-refractivity contribution in [2.75, 3.05) is 14.2 Å². The lowest BCUT2D eigenvalue weighted by molar-refractivity contribution is 0.0600. The largest absolute Gasteiger partial charge is 0.465 e. The molecule has 0 aliphatic carbocycles. The molecule has 0 atom stereocenters. The van der Waals surface area contributed by atoms with E-state index in [0.29, 0.717) is 10.7 Å². The highest BCUT2D eigenvalue weighted by molar-refractivity contribution is 7.10. The quantitative estimate of drug-likeness (QED) is 0.795. The molecule has 0 N–H and O–H groups in total. The number of thiazole rings is 1. The van der Waals surface area contributed by atoms with Crippen molar-refractivity contribution in [3.05, 3.63) is 50.9 Å². The van der Waals surface area contributed by atoms with Gasteiger partial charge in [0.1, 0.15) is 10.2 Å². The molecule has 1 heterocycles. The van der Waals surface area contributed by atoms with Crippen molar-refractivity contribution in [1.82, 2.24) is 9.88 Å². The van der Waals surface area contributed by atoms with Gasteiger partial charge in [0.05, 0.1) is 19.2 Å². The van der Waals surface area contributed by atoms with Gasteiger partial charge in [0.25, 0.3) is 0 Å². The first kappa shape index (κ1) is 15.0. The van der Waals surface area contributed by atoms with E-state index in [1.807, 2.05) is 24.6 Å². The molecule has 0 fully saturated rings. The zero-order valence-electron chi connectivity index (χ0n) is 11.3. The fraction of sp³-hybridized carbons (Fsp3) is 0.286. The second-order valence-electron chi connectivity index (χ2n) is 4.42. The van der Waals surface area contributed by atoms with Crippen LogP contribution in [0.2, 0.25) is 5.15 Å². The summed E-state index contributed by atoms with van der Waals surface area (Å²) >= 11 is 7.35. The van der Waals surface area contributed by atoms with Gasteiger partial charge in [-0.2, -0.15) is 0 Å². The topological polar surface area (TPSA) is 42.4 Å². The van der Waals surface area contributed by atoms with Crippen molar-refractivity contribution < 1.29 is 9.53 Å². The van der Waals surface area contributed by atoms with Gasteiger partial charge in [0.15, 0.2) is 0 Å². The molecule has 0 aliphatic rings. The molecule has 4 nitrogen and oxygen atoms in total. The minimum Gasteiger partial charge on any atom is -0.465 e. The van der Waals surface area contributed by atoms with E-state index in [1.165, 1.54) is 7.11 Å². The lowest BCUT2D eigenvalue weighted by Crippen LogP contribution is -2.17. The molecule has 6 heteroatoms. The Bertz CT molecular complexity index is 583. The molecule has 0 radical (unpaired) electrons. The maximum Gasteiger partial charge on any atom is 0.337 e. The normalized spacial score (nSPS) is 10.8. The summed E-state index contributed by atoms with van der Waals surface area (Å²) in [6.45, 7) is 1.52. The number of hydrogen-bond donors (Lipinski definition) is 0. The van der Waals surface area contributed by atoms with Crippen molar-refractivity contribution in [1.29, 1.82) is 0 Å². The Balaban J connectivity index is 1.94. The molecule has 0 saturated carbocycles. The molecule has 20 heavy (non-hydrogen) atoms. The number of hydrogen-bond acceptors (Lipinski definition) is 5. The van der Waals surface area contributed by atoms with E-state index in [9.17, 15) is 4.79 Å². The molecular formula is C14H15ClN2O2S. The van der Waals surface area contributed by atoms with Gasteiger partial charge in [-0.1, -0.05) is 23.7 Å². The molecule has 0 spiro atoms. The van der Waals surface area contributed by atoms with Crippen LogP contribution >= 0.6 is 22.9 Å². The minimum atomic E-state index is -0.317. The Labute approximate surface area is 127 Å². The standard InChI is InChI=1S/C14H15ClN2O2S/c1-17(8-13-16-12(15)9-20-13)7-10-3-5-11(6-4-10)14(18)19-2/h3-6,9H,7-8H2,1-2H3. The van der Waals surface area contributed by atoms with Crippen LogP contribution < -0.4 is 0 Å². The molecule has 106 valence electrons. The summed E-state index contributed by atoms with van der Waals surface area (Å²) in [7, 11) is 3.40. The van der Waals surface area contributed by atoms with E-state index in [4.69, 9.17) is 11.6 Å². The van der Waals surface area contributed by atoms with Crippen LogP contribution in [0.15, 0.2) is 29.6 Å². The Kier molecular flexibility index (Phi) is 5.11. The SMILES string of the molecule is COC(=O)c1ccc(CN(C)Cc2nc(Cl)cs2)cc1. The third-order valence-electron chi connectivity index (χ3n) is 2.76. The number of aromatic nitrogens is 1. The molecule has 1 aromatic carbocycles. The molecule has 2 rings (SSSR count). The molecule has 0 amide bonds. The maximum absolute atomic E-state index is 11.3. The third-order valence-corrected chi connectivity index (χ3v) is 3.91. The van der Waals surface area contributed by atoms with Gasteiger partial charge >= 0.3 is 5.97 Å². The highest BCUT2D eigenvalue weighted by Crippen LogP contribution is 2.16. The van der Waals surface area contributed by atoms with E-state index < -0.39 is 0 Å². The fourth-order valence-corrected chi connectivity index (χ4v) is 2.84. The van der Waals surface area contributed by atoms with Crippen molar-refractivity contribution in [3.63, 3.8) is 0 Å². The first-order valence-corrected chi connectivity index (χ1v) is 7.30. The number of esters is 1. The Hall–Kier alpha value is -1.43. The summed E-state index contributed by atoms with van der Waals surface area (Å²) < 4.78 is 4.67. The number of nitrogens with zero attached hydrogens (tertiary/aromatic N) is 2. The number of benzene rings is 1. The van der Waals surface area contributed by atoms with Crippen LogP contribution in [0.4, 0.5) is 0 Å². The minimum absolute atomic E-state index is 0.317. The van der Waals surface area contributed by atoms with E-state index in [-0.39, 0.29) is 5.97 Å². The first-order chi connectivity index (χ1) is 9.58. The number of carbonyl (C=O) groups excluding carboxylic acids is 1. The molecule has 2 aromatic rings. The highest BCUT2D eigenvalue weighted by atomic mass is 35.5. The van der Waals surface area contributed by atoms with Crippen molar-refractivity contribution in [2.45, 2.75) is 13.1 Å². The Morgan fingerprint density at radius 2 is 2.05 bits per heavy atom. The van der Waals surface area contributed by atoms with Gasteiger partial charge < -0.3 is 4.74 Å². The monoisotopic (exact) mass is 310 g/mol. The van der Waals surface area contributed by atoms with E-state index >= 15 is 0 Å². The maximum atomic E-state index is 11.3. The summed E-state index contributed by atoms with van der Waals surface area (Å²) in [6, 6.07) is 7.40. The average Bonchev–Trinajstić information content (AvgIpc) is 2.84. The summed E-state index contributed by atoms with van der Waals surface area (Å²) in [5.41, 5.74) is 1.69. The van der Waals surface area contributed by atoms with Crippen LogP contribution in [0.5, 0.6) is 0 Å². The second kappa shape index (κ2) is 6.83. The number of halogens is 1. The number of rotatable bonds is 5. The van der Waals surface area contributed by atoms with Gasteiger partial charge in [-0.05, 0) is 24.7 Å². The first-order valence-electron chi connectivity index (χ1n) is 6.04. The van der Waals surface area contributed by atoms with Crippen LogP contribution in [0.25, 0.3) is 0 Å².